The molecule has 0 amide bonds. The van der Waals surface area contributed by atoms with Gasteiger partial charge in [0.15, 0.2) is 10.8 Å². The molecule has 0 aliphatic heterocycles. The molecular weight excluding hydrogens is 226 g/mol. The molecule has 16 heavy (non-hydrogen) atoms. The van der Waals surface area contributed by atoms with Crippen LogP contribution in [0, 0.1) is 11.8 Å². The topological polar surface area (TPSA) is 82.2 Å². The van der Waals surface area contributed by atoms with Crippen molar-refractivity contribution >= 4 is 22.9 Å². The number of hydrogen-bond acceptors (Lipinski definition) is 4. The molecule has 6 heteroatoms. The summed E-state index contributed by atoms with van der Waals surface area (Å²) in [5.74, 6) is 5.83. The van der Waals surface area contributed by atoms with E-state index in [1.165, 1.54) is 4.52 Å². The number of fused-ring (bicyclic) bond motifs is 1. The van der Waals surface area contributed by atoms with Crippen LogP contribution in [0.5, 0.6) is 0 Å². The Bertz CT molecular complexity index is 578. The fourth-order valence-corrected chi connectivity index (χ4v) is 1.46. The average Bonchev–Trinajstić information content (AvgIpc) is 2.62. The van der Waals surface area contributed by atoms with Gasteiger partial charge in [-0.3, -0.25) is 0 Å². The number of hydrogen-bond donors (Lipinski definition) is 2. The number of rotatable bonds is 1. The molecule has 0 fully saturated rings. The minimum absolute atomic E-state index is 0.310. The van der Waals surface area contributed by atoms with E-state index in [9.17, 15) is 0 Å². The minimum atomic E-state index is 0.310. The summed E-state index contributed by atoms with van der Waals surface area (Å²) in [5, 5.41) is 4.39. The monoisotopic (exact) mass is 235 g/mol. The van der Waals surface area contributed by atoms with E-state index >= 15 is 0 Å². The normalized spacial score (nSPS) is 10.1. The van der Waals surface area contributed by atoms with Crippen LogP contribution in [-0.4, -0.2) is 21.1 Å². The molecule has 0 aliphatic rings. The third kappa shape index (κ3) is 1.94. The van der Waals surface area contributed by atoms with E-state index in [-0.39, 0.29) is 0 Å². The van der Waals surface area contributed by atoms with Crippen molar-refractivity contribution in [1.29, 1.82) is 0 Å². The summed E-state index contributed by atoms with van der Waals surface area (Å²) in [5.41, 5.74) is 12.8. The molecule has 0 aromatic carbocycles. The first-order valence-corrected chi connectivity index (χ1v) is 5.09. The van der Waals surface area contributed by atoms with E-state index in [2.05, 4.69) is 21.9 Å². The van der Waals surface area contributed by atoms with Gasteiger partial charge in [-0.15, -0.1) is 0 Å². The van der Waals surface area contributed by atoms with Gasteiger partial charge in [-0.2, -0.15) is 5.10 Å². The highest BCUT2D eigenvalue weighted by atomic mass is 35.5. The van der Waals surface area contributed by atoms with Crippen LogP contribution < -0.4 is 11.5 Å². The predicted molar refractivity (Wildman–Crippen MR) is 63.0 cm³/mol. The van der Waals surface area contributed by atoms with Crippen molar-refractivity contribution in [1.82, 2.24) is 14.6 Å². The Labute approximate surface area is 97.4 Å². The summed E-state index contributed by atoms with van der Waals surface area (Å²) in [7, 11) is 0. The number of halogens is 1. The largest absolute Gasteiger partial charge is 0.396 e. The van der Waals surface area contributed by atoms with Crippen LogP contribution >= 0.6 is 11.6 Å². The van der Waals surface area contributed by atoms with Gasteiger partial charge in [-0.05, 0) is 5.92 Å². The fourth-order valence-electron chi connectivity index (χ4n) is 1.27. The fraction of sp³-hybridized carbons (Fsp3) is 0.200. The lowest BCUT2D eigenvalue weighted by atomic mass is 10.4. The van der Waals surface area contributed by atoms with E-state index in [4.69, 9.17) is 23.1 Å². The summed E-state index contributed by atoms with van der Waals surface area (Å²) in [6.07, 6.45) is 2.24. The molecule has 0 atom stereocenters. The number of nitrogen functional groups attached to an aromatic ring is 1. The molecule has 2 aromatic heterocycles. The van der Waals surface area contributed by atoms with Crippen molar-refractivity contribution in [2.75, 3.05) is 12.3 Å². The van der Waals surface area contributed by atoms with E-state index in [1.807, 2.05) is 0 Å². The van der Waals surface area contributed by atoms with Crippen LogP contribution in [0.4, 0.5) is 5.69 Å². The van der Waals surface area contributed by atoms with Crippen LogP contribution in [0.3, 0.4) is 0 Å². The van der Waals surface area contributed by atoms with Crippen molar-refractivity contribution in [3.8, 4) is 11.8 Å². The number of nitrogens with two attached hydrogens (primary N) is 2. The molecule has 5 nitrogen and oxygen atoms in total. The number of anilines is 1. The van der Waals surface area contributed by atoms with Gasteiger partial charge in [0.2, 0.25) is 0 Å². The maximum Gasteiger partial charge on any atom is 0.178 e. The Balaban J connectivity index is 2.53. The van der Waals surface area contributed by atoms with Gasteiger partial charge >= 0.3 is 0 Å². The van der Waals surface area contributed by atoms with Crippen molar-refractivity contribution in [3.05, 3.63) is 23.1 Å². The van der Waals surface area contributed by atoms with Crippen molar-refractivity contribution in [3.63, 3.8) is 0 Å². The van der Waals surface area contributed by atoms with Crippen LogP contribution in [-0.2, 0) is 0 Å². The van der Waals surface area contributed by atoms with Crippen LogP contribution in [0.15, 0.2) is 12.3 Å². The second-order valence-corrected chi connectivity index (χ2v) is 3.53. The van der Waals surface area contributed by atoms with Gasteiger partial charge in [0.05, 0.1) is 11.9 Å². The summed E-state index contributed by atoms with van der Waals surface area (Å²) >= 11 is 5.81. The molecular formula is C10H10ClN5. The molecule has 4 N–H and O–H groups in total. The van der Waals surface area contributed by atoms with Crippen molar-refractivity contribution in [2.45, 2.75) is 6.42 Å². The zero-order valence-corrected chi connectivity index (χ0v) is 9.20. The quantitative estimate of drug-likeness (QED) is 0.712. The molecule has 0 spiro atoms. The van der Waals surface area contributed by atoms with E-state index in [0.717, 1.165) is 0 Å². The molecule has 2 rings (SSSR count). The highest BCUT2D eigenvalue weighted by Crippen LogP contribution is 2.16. The first kappa shape index (κ1) is 10.7. The summed E-state index contributed by atoms with van der Waals surface area (Å²) in [6, 6.07) is 1.56. The minimum Gasteiger partial charge on any atom is -0.396 e. The van der Waals surface area contributed by atoms with E-state index in [0.29, 0.717) is 35.1 Å². The van der Waals surface area contributed by atoms with Gasteiger partial charge in [0, 0.05) is 19.0 Å². The maximum atomic E-state index is 5.81. The van der Waals surface area contributed by atoms with Crippen LogP contribution in [0.1, 0.15) is 12.1 Å². The lowest BCUT2D eigenvalue weighted by Crippen LogP contribution is -1.99. The molecule has 82 valence electrons. The van der Waals surface area contributed by atoms with Gasteiger partial charge in [0.25, 0.3) is 0 Å². The molecule has 0 unspecified atom stereocenters. The maximum absolute atomic E-state index is 5.81. The Morgan fingerprint density at radius 1 is 1.50 bits per heavy atom. The standard InChI is InChI=1S/C10H10ClN5/c11-9-5-8(13)10-14-6-7(16(10)15-9)3-1-2-4-12/h5-6H,2,4,12-13H2. The van der Waals surface area contributed by atoms with Crippen LogP contribution in [0.2, 0.25) is 5.15 Å². The number of nitrogens with zero attached hydrogens (tertiary/aromatic N) is 3. The second kappa shape index (κ2) is 4.39. The number of aromatic nitrogens is 3. The van der Waals surface area contributed by atoms with E-state index < -0.39 is 0 Å². The van der Waals surface area contributed by atoms with E-state index in [1.54, 1.807) is 12.3 Å². The van der Waals surface area contributed by atoms with Gasteiger partial charge in [-0.1, -0.05) is 17.5 Å². The predicted octanol–water partition coefficient (Wildman–Crippen LogP) is 0.665. The first-order valence-electron chi connectivity index (χ1n) is 4.71. The first-order chi connectivity index (χ1) is 7.72. The van der Waals surface area contributed by atoms with Gasteiger partial charge in [-0.25, -0.2) is 9.50 Å². The smallest absolute Gasteiger partial charge is 0.178 e. The lowest BCUT2D eigenvalue weighted by molar-refractivity contribution is 0.925. The summed E-state index contributed by atoms with van der Waals surface area (Å²) in [6.45, 7) is 0.528. The zero-order valence-electron chi connectivity index (χ0n) is 8.44. The number of imidazole rings is 1. The highest BCUT2D eigenvalue weighted by molar-refractivity contribution is 6.29. The molecule has 0 saturated carbocycles. The van der Waals surface area contributed by atoms with Gasteiger partial charge in [0.1, 0.15) is 5.69 Å². The highest BCUT2D eigenvalue weighted by Gasteiger charge is 2.06. The van der Waals surface area contributed by atoms with Gasteiger partial charge < -0.3 is 11.5 Å². The third-order valence-corrected chi connectivity index (χ3v) is 2.14. The molecule has 0 radical (unpaired) electrons. The van der Waals surface area contributed by atoms with Crippen molar-refractivity contribution < 1.29 is 0 Å². The summed E-state index contributed by atoms with van der Waals surface area (Å²) < 4.78 is 1.53. The van der Waals surface area contributed by atoms with Crippen molar-refractivity contribution in [2.24, 2.45) is 5.73 Å². The Kier molecular flexibility index (Phi) is 2.95. The summed E-state index contributed by atoms with van der Waals surface area (Å²) in [4.78, 5) is 4.12. The lowest BCUT2D eigenvalue weighted by Gasteiger charge is -1.98. The molecule has 0 bridgehead atoms. The SMILES string of the molecule is NCCC#Cc1cnc2c(N)cc(Cl)nn12. The third-order valence-electron chi connectivity index (χ3n) is 1.95. The second-order valence-electron chi connectivity index (χ2n) is 3.14. The van der Waals surface area contributed by atoms with Crippen LogP contribution in [0.25, 0.3) is 5.65 Å². The molecule has 2 heterocycles. The molecule has 2 aromatic rings. The Morgan fingerprint density at radius 2 is 2.31 bits per heavy atom. The average molecular weight is 236 g/mol. The zero-order chi connectivity index (χ0) is 11.5. The Hall–Kier alpha value is -1.77. The Morgan fingerprint density at radius 3 is 3.06 bits per heavy atom. The molecule has 0 saturated heterocycles. The molecule has 0 aliphatic carbocycles.